The molecule has 0 amide bonds. The minimum Gasteiger partial charge on any atom is -0.317 e. The number of hydrogen-bond acceptors (Lipinski definition) is 3. The molecule has 3 aromatic rings. The van der Waals surface area contributed by atoms with Crippen LogP contribution in [0.3, 0.4) is 0 Å². The van der Waals surface area contributed by atoms with E-state index >= 15 is 0 Å². The van der Waals surface area contributed by atoms with Gasteiger partial charge in [-0.15, -0.1) is 0 Å². The van der Waals surface area contributed by atoms with Gasteiger partial charge in [0.05, 0.1) is 6.54 Å². The number of rotatable bonds is 6. The third-order valence-corrected chi connectivity index (χ3v) is 5.61. The molecule has 0 atom stereocenters. The van der Waals surface area contributed by atoms with Gasteiger partial charge in [0, 0.05) is 13.0 Å². The van der Waals surface area contributed by atoms with Gasteiger partial charge in [-0.2, -0.15) is 5.10 Å². The molecule has 1 aliphatic rings. The van der Waals surface area contributed by atoms with Gasteiger partial charge < -0.3 is 5.32 Å². The van der Waals surface area contributed by atoms with Gasteiger partial charge >= 0.3 is 5.69 Å². The molecule has 0 radical (unpaired) electrons. The Balaban J connectivity index is 1.57. The summed E-state index contributed by atoms with van der Waals surface area (Å²) in [7, 11) is 0. The third kappa shape index (κ3) is 4.09. The van der Waals surface area contributed by atoms with E-state index in [1.807, 2.05) is 29.7 Å². The predicted molar refractivity (Wildman–Crippen MR) is 112 cm³/mol. The zero-order valence-corrected chi connectivity index (χ0v) is 16.5. The lowest BCUT2D eigenvalue weighted by atomic mass is 9.94. The lowest BCUT2D eigenvalue weighted by molar-refractivity contribution is 0.362. The molecule has 146 valence electrons. The molecular formula is C23H28N4O. The number of nitrogens with one attached hydrogen (secondary N) is 1. The minimum absolute atomic E-state index is 0.00320. The van der Waals surface area contributed by atoms with Gasteiger partial charge in [0.1, 0.15) is 5.82 Å². The van der Waals surface area contributed by atoms with E-state index in [2.05, 4.69) is 41.7 Å². The summed E-state index contributed by atoms with van der Waals surface area (Å²) in [5.41, 5.74) is 3.44. The second kappa shape index (κ2) is 8.57. The standard InChI is InChI=1S/C23H28N4O/c1-2-26-22(16-18-11-13-24-14-12-18)25-27(23(26)28)17-19-7-6-10-21(15-19)20-8-4-3-5-9-20/h3-10,15,18,24H,2,11-14,16-17H2,1H3. The van der Waals surface area contributed by atoms with E-state index < -0.39 is 0 Å². The summed E-state index contributed by atoms with van der Waals surface area (Å²) in [5, 5.41) is 8.12. The number of benzene rings is 2. The van der Waals surface area contributed by atoms with E-state index in [0.29, 0.717) is 19.0 Å². The molecule has 1 N–H and O–H groups in total. The lowest BCUT2D eigenvalue weighted by Gasteiger charge is -2.21. The molecule has 28 heavy (non-hydrogen) atoms. The Hall–Kier alpha value is -2.66. The molecule has 2 heterocycles. The maximum atomic E-state index is 12.9. The fraction of sp³-hybridized carbons (Fsp3) is 0.391. The molecule has 5 nitrogen and oxygen atoms in total. The fourth-order valence-electron chi connectivity index (χ4n) is 4.05. The zero-order chi connectivity index (χ0) is 19.3. The molecular weight excluding hydrogens is 348 g/mol. The summed E-state index contributed by atoms with van der Waals surface area (Å²) in [5.74, 6) is 1.54. The van der Waals surface area contributed by atoms with Crippen LogP contribution in [0.15, 0.2) is 59.4 Å². The Bertz CT molecular complexity index is 968. The van der Waals surface area contributed by atoms with Gasteiger partial charge in [0.2, 0.25) is 0 Å². The highest BCUT2D eigenvalue weighted by atomic mass is 16.2. The first-order chi connectivity index (χ1) is 13.7. The predicted octanol–water partition coefficient (Wildman–Crippen LogP) is 3.32. The topological polar surface area (TPSA) is 51.9 Å². The van der Waals surface area contributed by atoms with Gasteiger partial charge in [0.15, 0.2) is 0 Å². The van der Waals surface area contributed by atoms with Crippen LogP contribution in [0.1, 0.15) is 31.2 Å². The van der Waals surface area contributed by atoms with Gasteiger partial charge in [-0.05, 0) is 61.5 Å². The lowest BCUT2D eigenvalue weighted by Crippen LogP contribution is -2.30. The molecule has 0 spiro atoms. The van der Waals surface area contributed by atoms with E-state index in [1.54, 1.807) is 4.68 Å². The summed E-state index contributed by atoms with van der Waals surface area (Å²) < 4.78 is 3.47. The maximum absolute atomic E-state index is 12.9. The SMILES string of the molecule is CCn1c(CC2CCNCC2)nn(Cc2cccc(-c3ccccc3)c2)c1=O. The average molecular weight is 377 g/mol. The van der Waals surface area contributed by atoms with Crippen LogP contribution in [0.5, 0.6) is 0 Å². The van der Waals surface area contributed by atoms with Crippen LogP contribution in [0.4, 0.5) is 0 Å². The Morgan fingerprint density at radius 1 is 1.04 bits per heavy atom. The summed E-state index contributed by atoms with van der Waals surface area (Å²) in [6.07, 6.45) is 3.20. The maximum Gasteiger partial charge on any atom is 0.346 e. The van der Waals surface area contributed by atoms with Crippen molar-refractivity contribution in [1.82, 2.24) is 19.7 Å². The van der Waals surface area contributed by atoms with Crippen LogP contribution in [0.25, 0.3) is 11.1 Å². The summed E-state index contributed by atoms with van der Waals surface area (Å²) >= 11 is 0. The van der Waals surface area contributed by atoms with Crippen molar-refractivity contribution < 1.29 is 0 Å². The highest BCUT2D eigenvalue weighted by Crippen LogP contribution is 2.20. The first kappa shape index (κ1) is 18.7. The van der Waals surface area contributed by atoms with Crippen LogP contribution >= 0.6 is 0 Å². The molecule has 4 rings (SSSR count). The van der Waals surface area contributed by atoms with Crippen LogP contribution in [0.2, 0.25) is 0 Å². The van der Waals surface area contributed by atoms with Crippen LogP contribution in [0, 0.1) is 5.92 Å². The van der Waals surface area contributed by atoms with Crippen LogP contribution in [-0.2, 0) is 19.5 Å². The van der Waals surface area contributed by atoms with E-state index in [0.717, 1.165) is 49.3 Å². The Morgan fingerprint density at radius 2 is 1.79 bits per heavy atom. The van der Waals surface area contributed by atoms with Crippen molar-refractivity contribution in [2.45, 2.75) is 39.3 Å². The van der Waals surface area contributed by atoms with E-state index in [-0.39, 0.29) is 5.69 Å². The molecule has 0 saturated carbocycles. The van der Waals surface area contributed by atoms with Crippen LogP contribution < -0.4 is 11.0 Å². The minimum atomic E-state index is -0.00320. The molecule has 2 aromatic carbocycles. The fourth-order valence-corrected chi connectivity index (χ4v) is 4.05. The second-order valence-electron chi connectivity index (χ2n) is 7.56. The van der Waals surface area contributed by atoms with Crippen LogP contribution in [-0.4, -0.2) is 27.4 Å². The van der Waals surface area contributed by atoms with Crippen molar-refractivity contribution >= 4 is 0 Å². The molecule has 1 fully saturated rings. The molecule has 0 aliphatic carbocycles. The Kier molecular flexibility index (Phi) is 5.72. The summed E-state index contributed by atoms with van der Waals surface area (Å²) in [4.78, 5) is 12.9. The first-order valence-corrected chi connectivity index (χ1v) is 10.3. The number of aromatic nitrogens is 3. The zero-order valence-electron chi connectivity index (χ0n) is 16.5. The largest absolute Gasteiger partial charge is 0.346 e. The van der Waals surface area contributed by atoms with E-state index in [4.69, 9.17) is 5.10 Å². The number of piperidine rings is 1. The van der Waals surface area contributed by atoms with Gasteiger partial charge in [-0.25, -0.2) is 9.48 Å². The van der Waals surface area contributed by atoms with Gasteiger partial charge in [-0.1, -0.05) is 48.5 Å². The van der Waals surface area contributed by atoms with E-state index in [1.165, 1.54) is 5.56 Å². The molecule has 1 aromatic heterocycles. The third-order valence-electron chi connectivity index (χ3n) is 5.61. The van der Waals surface area contributed by atoms with Gasteiger partial charge in [0.25, 0.3) is 0 Å². The van der Waals surface area contributed by atoms with Crippen molar-refractivity contribution in [3.8, 4) is 11.1 Å². The second-order valence-corrected chi connectivity index (χ2v) is 7.56. The first-order valence-electron chi connectivity index (χ1n) is 10.3. The molecule has 5 heteroatoms. The summed E-state index contributed by atoms with van der Waals surface area (Å²) in [6, 6.07) is 18.7. The van der Waals surface area contributed by atoms with Crippen molar-refractivity contribution in [3.63, 3.8) is 0 Å². The average Bonchev–Trinajstić information content (AvgIpc) is 3.03. The molecule has 0 unspecified atom stereocenters. The van der Waals surface area contributed by atoms with Crippen molar-refractivity contribution in [2.24, 2.45) is 5.92 Å². The van der Waals surface area contributed by atoms with Crippen molar-refractivity contribution in [3.05, 3.63) is 76.5 Å². The van der Waals surface area contributed by atoms with E-state index in [9.17, 15) is 4.79 Å². The Morgan fingerprint density at radius 3 is 2.54 bits per heavy atom. The Labute approximate surface area is 166 Å². The highest BCUT2D eigenvalue weighted by Gasteiger charge is 2.19. The smallest absolute Gasteiger partial charge is 0.317 e. The van der Waals surface area contributed by atoms with Gasteiger partial charge in [-0.3, -0.25) is 4.57 Å². The number of nitrogens with zero attached hydrogens (tertiary/aromatic N) is 3. The molecule has 0 bridgehead atoms. The van der Waals surface area contributed by atoms with Crippen molar-refractivity contribution in [1.29, 1.82) is 0 Å². The number of hydrogen-bond donors (Lipinski definition) is 1. The molecule has 1 saturated heterocycles. The van der Waals surface area contributed by atoms with Crippen molar-refractivity contribution in [2.75, 3.05) is 13.1 Å². The molecule has 1 aliphatic heterocycles. The quantitative estimate of drug-likeness (QED) is 0.718. The monoisotopic (exact) mass is 376 g/mol. The highest BCUT2D eigenvalue weighted by molar-refractivity contribution is 5.63. The summed E-state index contributed by atoms with van der Waals surface area (Å²) in [6.45, 7) is 5.33. The normalized spacial score (nSPS) is 15.0.